The minimum Gasteiger partial charge on any atom is -0.476 e. The molecule has 0 radical (unpaired) electrons. The number of halogens is 4. The molecule has 0 saturated carbocycles. The van der Waals surface area contributed by atoms with E-state index in [-0.39, 0.29) is 44.1 Å². The zero-order valence-corrected chi connectivity index (χ0v) is 42.6. The predicted octanol–water partition coefficient (Wildman–Crippen LogP) is 9.82. The Morgan fingerprint density at radius 1 is 0.600 bits per heavy atom. The van der Waals surface area contributed by atoms with Crippen LogP contribution in [0.25, 0.3) is 44.8 Å². The van der Waals surface area contributed by atoms with Gasteiger partial charge in [-0.3, -0.25) is 10.2 Å². The number of benzene rings is 2. The van der Waals surface area contributed by atoms with E-state index in [0.29, 0.717) is 95.7 Å². The zero-order chi connectivity index (χ0) is 51.1. The number of hydrogen-bond acceptors (Lipinski definition) is 14. The number of H-pyrrole nitrogens is 2. The number of fused-ring (bicyclic) bond motifs is 2. The minimum atomic E-state index is -1.21. The summed E-state index contributed by atoms with van der Waals surface area (Å²) < 4.78 is 10.8. The summed E-state index contributed by atoms with van der Waals surface area (Å²) in [6.45, 7) is 16.6. The Bertz CT molecular complexity index is 2790. The second-order valence-electron chi connectivity index (χ2n) is 19.5. The van der Waals surface area contributed by atoms with Crippen LogP contribution in [0.3, 0.4) is 0 Å². The number of rotatable bonds is 8. The molecule has 2 aliphatic heterocycles. The molecule has 70 heavy (non-hydrogen) atoms. The first-order chi connectivity index (χ1) is 32.7. The summed E-state index contributed by atoms with van der Waals surface area (Å²) in [5.41, 5.74) is 0.417. The number of piperidine rings is 2. The molecule has 2 aromatic carbocycles. The third-order valence-corrected chi connectivity index (χ3v) is 13.1. The van der Waals surface area contributed by atoms with Gasteiger partial charge in [0.2, 0.25) is 0 Å². The average Bonchev–Trinajstić information content (AvgIpc) is 3.87. The Morgan fingerprint density at radius 3 is 1.26 bits per heavy atom. The highest BCUT2D eigenvalue weighted by atomic mass is 35.5. The van der Waals surface area contributed by atoms with Crippen LogP contribution in [0.15, 0.2) is 36.4 Å². The van der Waals surface area contributed by atoms with Gasteiger partial charge in [-0.15, -0.1) is 0 Å². The monoisotopic (exact) mass is 1040 g/mol. The number of alkyl carbamates (subject to hydrolysis) is 2. The maximum atomic E-state index is 12.3. The van der Waals surface area contributed by atoms with Crippen molar-refractivity contribution in [2.24, 2.45) is 0 Å². The van der Waals surface area contributed by atoms with Crippen molar-refractivity contribution in [3.8, 4) is 22.5 Å². The molecular weight excluding hydrogens is 990 g/mol. The van der Waals surface area contributed by atoms with Gasteiger partial charge in [0.05, 0.1) is 20.1 Å². The first kappa shape index (κ1) is 51.6. The van der Waals surface area contributed by atoms with E-state index in [1.807, 2.05) is 23.6 Å². The van der Waals surface area contributed by atoms with E-state index in [4.69, 9.17) is 55.9 Å². The summed E-state index contributed by atoms with van der Waals surface area (Å²) >= 11 is 25.0. The molecule has 6 heterocycles. The van der Waals surface area contributed by atoms with Crippen LogP contribution >= 0.6 is 46.4 Å². The number of aromatic carboxylic acids is 2. The van der Waals surface area contributed by atoms with Gasteiger partial charge < -0.3 is 40.1 Å². The highest BCUT2D eigenvalue weighted by Gasteiger charge is 2.37. The number of amides is 2. The number of nitrogens with zero attached hydrogens (tertiary/aromatic N) is 8. The molecule has 0 atom stereocenters. The van der Waals surface area contributed by atoms with E-state index in [1.165, 1.54) is 0 Å². The molecule has 2 saturated heterocycles. The van der Waals surface area contributed by atoms with E-state index in [9.17, 15) is 29.4 Å². The van der Waals surface area contributed by atoms with Crippen molar-refractivity contribution < 1.29 is 38.9 Å². The van der Waals surface area contributed by atoms with Gasteiger partial charge in [0, 0.05) is 48.4 Å². The number of carbonyl (C=O) groups is 4. The van der Waals surface area contributed by atoms with Crippen LogP contribution in [-0.2, 0) is 9.47 Å². The van der Waals surface area contributed by atoms with Crippen molar-refractivity contribution in [2.75, 3.05) is 36.0 Å². The number of carboxylic acid groups (broad SMARTS) is 2. The lowest BCUT2D eigenvalue weighted by Gasteiger charge is -2.40. The first-order valence-corrected chi connectivity index (χ1v) is 23.6. The summed E-state index contributed by atoms with van der Waals surface area (Å²) in [6.07, 6.45) is 1.31. The van der Waals surface area contributed by atoms with Crippen LogP contribution in [0.5, 0.6) is 0 Å². The molecule has 0 bridgehead atoms. The summed E-state index contributed by atoms with van der Waals surface area (Å²) in [6, 6.07) is 10.2. The van der Waals surface area contributed by atoms with Crippen molar-refractivity contribution in [1.82, 2.24) is 51.0 Å². The van der Waals surface area contributed by atoms with Gasteiger partial charge in [-0.25, -0.2) is 39.1 Å². The zero-order valence-electron chi connectivity index (χ0n) is 39.6. The standard InChI is InChI=1S/2C23H26Cl2N6O4/c2*1-22(2,3)35-21(34)28-23(4)8-10-31(11-9-23)19-17(20(32)33)26-16-15(29-30-18(16)27-19)12-6-5-7-13(24)14(12)25/h2*5-7H,8-11H2,1-4H3,(H,28,34)(H,32,33)(H,27,29,30). The van der Waals surface area contributed by atoms with E-state index in [0.717, 1.165) is 0 Å². The lowest BCUT2D eigenvalue weighted by molar-refractivity contribution is 0.0435. The largest absolute Gasteiger partial charge is 0.476 e. The lowest BCUT2D eigenvalue weighted by Crippen LogP contribution is -2.54. The van der Waals surface area contributed by atoms with E-state index in [1.54, 1.807) is 77.9 Å². The summed E-state index contributed by atoms with van der Waals surface area (Å²) in [5, 5.41) is 41.2. The Hall–Kier alpha value is -6.22. The summed E-state index contributed by atoms with van der Waals surface area (Å²) in [5.74, 6) is -1.95. The molecule has 2 amide bonds. The predicted molar refractivity (Wildman–Crippen MR) is 267 cm³/mol. The Labute approximate surface area is 422 Å². The molecule has 24 heteroatoms. The van der Waals surface area contributed by atoms with Gasteiger partial charge in [-0.05, 0) is 93.2 Å². The molecule has 372 valence electrons. The van der Waals surface area contributed by atoms with Crippen molar-refractivity contribution in [1.29, 1.82) is 0 Å². The van der Waals surface area contributed by atoms with Crippen molar-refractivity contribution in [3.63, 3.8) is 0 Å². The van der Waals surface area contributed by atoms with Gasteiger partial charge in [0.1, 0.15) is 33.6 Å². The fourth-order valence-corrected chi connectivity index (χ4v) is 8.69. The van der Waals surface area contributed by atoms with E-state index in [2.05, 4.69) is 51.0 Å². The fourth-order valence-electron chi connectivity index (χ4n) is 7.91. The van der Waals surface area contributed by atoms with Crippen molar-refractivity contribution >= 4 is 104 Å². The van der Waals surface area contributed by atoms with Gasteiger partial charge >= 0.3 is 24.1 Å². The van der Waals surface area contributed by atoms with Crippen LogP contribution in [0.1, 0.15) is 102 Å². The Balaban J connectivity index is 0.000000206. The number of aromatic amines is 2. The number of anilines is 2. The third-order valence-electron chi connectivity index (χ3n) is 11.5. The van der Waals surface area contributed by atoms with Crippen LogP contribution in [0, 0.1) is 0 Å². The number of carbonyl (C=O) groups excluding carboxylic acids is 2. The molecule has 0 unspecified atom stereocenters. The number of nitrogens with one attached hydrogen (secondary N) is 4. The maximum absolute atomic E-state index is 12.3. The summed E-state index contributed by atoms with van der Waals surface area (Å²) in [7, 11) is 0. The Kier molecular flexibility index (Phi) is 14.7. The molecule has 6 N–H and O–H groups in total. The van der Waals surface area contributed by atoms with Crippen LogP contribution in [-0.4, -0.2) is 123 Å². The van der Waals surface area contributed by atoms with Crippen molar-refractivity contribution in [2.45, 2.75) is 103 Å². The van der Waals surface area contributed by atoms with Gasteiger partial charge in [-0.2, -0.15) is 10.2 Å². The molecule has 20 nitrogen and oxygen atoms in total. The van der Waals surface area contributed by atoms with Crippen LogP contribution in [0.2, 0.25) is 20.1 Å². The molecule has 6 aromatic rings. The molecule has 8 rings (SSSR count). The molecule has 4 aromatic heterocycles. The maximum Gasteiger partial charge on any atom is 0.408 e. The molecular formula is C46H52Cl4N12O8. The Morgan fingerprint density at radius 2 is 0.943 bits per heavy atom. The topological polar surface area (TPSA) is 267 Å². The molecule has 2 aliphatic rings. The number of carboxylic acids is 2. The van der Waals surface area contributed by atoms with Crippen LogP contribution < -0.4 is 20.4 Å². The lowest BCUT2D eigenvalue weighted by atomic mass is 9.89. The first-order valence-electron chi connectivity index (χ1n) is 22.1. The van der Waals surface area contributed by atoms with E-state index >= 15 is 0 Å². The second-order valence-corrected chi connectivity index (χ2v) is 21.1. The second kappa shape index (κ2) is 19.9. The molecule has 2 fully saturated rings. The van der Waals surface area contributed by atoms with Gasteiger partial charge in [-0.1, -0.05) is 70.7 Å². The fraction of sp³-hybridized carbons (Fsp3) is 0.435. The SMILES string of the molecule is CC1(NC(=O)OC(C)(C)C)CCN(c2nc3[nH]nc(-c4cccc(Cl)c4Cl)c3nc2C(=O)O)CC1.CC1(NC(=O)OC(C)(C)C)CCN(c2nc3[nH]nc(-c4cccc(Cl)c4Cl)c3nc2C(=O)O)CC1. The number of hydrogen-bond donors (Lipinski definition) is 6. The number of ether oxygens (including phenoxy) is 2. The third kappa shape index (κ3) is 11.7. The highest BCUT2D eigenvalue weighted by molar-refractivity contribution is 6.44. The minimum absolute atomic E-state index is 0.193. The summed E-state index contributed by atoms with van der Waals surface area (Å²) in [4.78, 5) is 70.4. The van der Waals surface area contributed by atoms with Gasteiger partial charge in [0.15, 0.2) is 34.3 Å². The van der Waals surface area contributed by atoms with Gasteiger partial charge in [0.25, 0.3) is 0 Å². The normalized spacial score (nSPS) is 15.8. The van der Waals surface area contributed by atoms with Crippen molar-refractivity contribution in [3.05, 3.63) is 67.9 Å². The quantitative estimate of drug-likeness (QED) is 0.0828. The smallest absolute Gasteiger partial charge is 0.408 e. The average molecular weight is 1040 g/mol. The highest BCUT2D eigenvalue weighted by Crippen LogP contribution is 2.38. The molecule has 0 aliphatic carbocycles. The van der Waals surface area contributed by atoms with Crippen LogP contribution in [0.4, 0.5) is 21.2 Å². The molecule has 0 spiro atoms. The van der Waals surface area contributed by atoms with E-state index < -0.39 is 46.4 Å². The number of aromatic nitrogens is 8.